The highest BCUT2D eigenvalue weighted by Crippen LogP contribution is 2.47. The quantitative estimate of drug-likeness (QED) is 0.0267. The number of aromatic carboxylic acids is 1. The second-order valence-electron chi connectivity index (χ2n) is 31.6. The molecular weight excluding hydrogens is 1310 g/mol. The van der Waals surface area contributed by atoms with Crippen LogP contribution in [-0.4, -0.2) is 161 Å². The summed E-state index contributed by atoms with van der Waals surface area (Å²) in [6.07, 6.45) is 2.53. The van der Waals surface area contributed by atoms with Gasteiger partial charge in [0.1, 0.15) is 41.1 Å². The van der Waals surface area contributed by atoms with Gasteiger partial charge in [-0.3, -0.25) is 19.2 Å². The lowest BCUT2D eigenvalue weighted by Crippen LogP contribution is -2.64. The number of methoxy groups -OCH3 is 3. The molecule has 0 spiro atoms. The van der Waals surface area contributed by atoms with Gasteiger partial charge in [-0.1, -0.05) is 98.2 Å². The van der Waals surface area contributed by atoms with Gasteiger partial charge in [0, 0.05) is 74.6 Å². The lowest BCUT2D eigenvalue weighted by molar-refractivity contribution is -0.302. The Labute approximate surface area is 592 Å². The van der Waals surface area contributed by atoms with E-state index in [1.807, 2.05) is 33.8 Å². The summed E-state index contributed by atoms with van der Waals surface area (Å²) in [5.74, 6) is -9.86. The molecule has 23 heteroatoms. The van der Waals surface area contributed by atoms with Crippen LogP contribution in [0.5, 0.6) is 5.75 Å². The van der Waals surface area contributed by atoms with Crippen molar-refractivity contribution >= 4 is 63.1 Å². The largest absolute Gasteiger partial charge is 0.507 e. The first-order valence-corrected chi connectivity index (χ1v) is 41.4. The summed E-state index contributed by atoms with van der Waals surface area (Å²) in [6.45, 7) is 30.5. The van der Waals surface area contributed by atoms with Crippen LogP contribution in [0.1, 0.15) is 163 Å². The number of piperidine rings is 1. The van der Waals surface area contributed by atoms with E-state index < -0.39 is 106 Å². The molecule has 6 aliphatic rings. The molecule has 2 aromatic carbocycles. The van der Waals surface area contributed by atoms with Gasteiger partial charge in [0.15, 0.2) is 22.1 Å². The number of fused-ring (bicyclic) bond motifs is 5. The highest BCUT2D eigenvalue weighted by molar-refractivity contribution is 6.74. The van der Waals surface area contributed by atoms with Gasteiger partial charge in [0.05, 0.1) is 54.8 Å². The predicted octanol–water partition coefficient (Wildman–Crippen LogP) is 13.7. The summed E-state index contributed by atoms with van der Waals surface area (Å²) in [5, 5.41) is 37.0. The maximum absolute atomic E-state index is 15.8. The maximum Gasteiger partial charge on any atom is 0.407 e. The number of amides is 2. The minimum atomic E-state index is -2.81. The van der Waals surface area contributed by atoms with Gasteiger partial charge in [-0.05, 0) is 168 Å². The molecule has 2 saturated heterocycles. The topological polar surface area (TPSA) is 282 Å². The van der Waals surface area contributed by atoms with Gasteiger partial charge in [-0.2, -0.15) is 0 Å². The van der Waals surface area contributed by atoms with E-state index >= 15 is 9.59 Å². The van der Waals surface area contributed by atoms with Crippen LogP contribution < -0.4 is 10.7 Å². The van der Waals surface area contributed by atoms with Crippen LogP contribution in [0.2, 0.25) is 36.3 Å². The summed E-state index contributed by atoms with van der Waals surface area (Å²) in [4.78, 5) is 102. The van der Waals surface area contributed by atoms with Crippen molar-refractivity contribution in [3.63, 3.8) is 0 Å². The van der Waals surface area contributed by atoms with Crippen LogP contribution in [0.25, 0.3) is 33.4 Å². The molecule has 0 aromatic heterocycles. The molecule has 14 atom stereocenters. The maximum atomic E-state index is 15.8. The third-order valence-electron chi connectivity index (χ3n) is 22.3. The Bertz CT molecular complexity index is 3700. The minimum absolute atomic E-state index is 0.00582. The number of aromatic hydroxyl groups is 1. The SMILES string of the molecule is CO[C@H]1C[C@@H](C)C/C(C)=C/[C@@H](CCOC(=O)NCc2c(O)ccc3c(-c4ccccc4C(=O)O)c4ccc(=O)cc-4oc23)C(=O)C[C@H](O[Si](C)(C)C(C)(C)C)[C@@H](C)C(/C(C)=C/C2CC[C@@H](O[Si](C)(C)C(C)(C)C)[C@H](OC)C2)OC(=O)[C@@H]2CCCCN2C(=O)C(=O)[C@]2(O)O[C@H]1[C@@H](OC)C[C@H]2C. The number of allylic oxidation sites excluding steroid dienone is 3. The third kappa shape index (κ3) is 18.0. The van der Waals surface area contributed by atoms with Crippen LogP contribution in [0.4, 0.5) is 4.79 Å². The average molecular weight is 1420 g/mol. The molecule has 2 aliphatic carbocycles. The number of carboxylic acid groups (broad SMARTS) is 1. The molecule has 2 amide bonds. The number of nitrogens with zero attached hydrogens (tertiary/aromatic N) is 1. The van der Waals surface area contributed by atoms with Gasteiger partial charge in [0.25, 0.3) is 11.7 Å². The van der Waals surface area contributed by atoms with Crippen molar-refractivity contribution in [2.24, 2.45) is 29.6 Å². The number of rotatable bonds is 16. The first-order valence-electron chi connectivity index (χ1n) is 35.6. The number of carboxylic acids is 1. The molecular formula is C77H110N2O19Si2. The van der Waals surface area contributed by atoms with Gasteiger partial charge < -0.3 is 67.2 Å². The zero-order valence-electron chi connectivity index (χ0n) is 62.1. The Morgan fingerprint density at radius 2 is 1.43 bits per heavy atom. The van der Waals surface area contributed by atoms with E-state index in [1.54, 1.807) is 44.4 Å². The number of nitrogens with one attached hydrogen (secondary N) is 1. The Hall–Kier alpha value is -6.42. The molecule has 4 N–H and O–H groups in total. The van der Waals surface area contributed by atoms with Crippen LogP contribution in [0.15, 0.2) is 87.1 Å². The highest BCUT2D eigenvalue weighted by atomic mass is 28.4. The Kier molecular flexibility index (Phi) is 25.8. The van der Waals surface area contributed by atoms with Crippen LogP contribution in [0, 0.1) is 29.6 Å². The zero-order chi connectivity index (χ0) is 73.7. The smallest absolute Gasteiger partial charge is 0.407 e. The Balaban J connectivity index is 1.17. The number of hydrogen-bond donors (Lipinski definition) is 4. The summed E-state index contributed by atoms with van der Waals surface area (Å²) < 4.78 is 58.2. The molecule has 2 aromatic rings. The number of esters is 1. The normalized spacial score (nSPS) is 29.1. The summed E-state index contributed by atoms with van der Waals surface area (Å²) in [5.41, 5.74) is 2.59. The van der Waals surface area contributed by atoms with Crippen molar-refractivity contribution in [3.05, 3.63) is 99.2 Å². The number of phenols is 1. The molecule has 2 unspecified atom stereocenters. The number of carbonyl (C=O) groups is 6. The highest BCUT2D eigenvalue weighted by Gasteiger charge is 2.57. The molecule has 0 radical (unpaired) electrons. The minimum Gasteiger partial charge on any atom is -0.507 e. The lowest BCUT2D eigenvalue weighted by atomic mass is 9.81. The number of cyclic esters (lactones) is 1. The Morgan fingerprint density at radius 3 is 2.08 bits per heavy atom. The average Bonchev–Trinajstić information content (AvgIpc) is 0.745. The van der Waals surface area contributed by atoms with Crippen LogP contribution >= 0.6 is 0 Å². The van der Waals surface area contributed by atoms with Crippen molar-refractivity contribution in [1.29, 1.82) is 0 Å². The van der Waals surface area contributed by atoms with E-state index in [1.165, 1.54) is 43.4 Å². The predicted molar refractivity (Wildman–Crippen MR) is 386 cm³/mol. The first-order chi connectivity index (χ1) is 46.8. The summed E-state index contributed by atoms with van der Waals surface area (Å²) in [7, 11) is -0.281. The van der Waals surface area contributed by atoms with E-state index in [0.717, 1.165) is 18.4 Å². The number of Topliss-reactive ketones (excluding diaryl/α,β-unsaturated/α-hetero) is 2. The summed E-state index contributed by atoms with van der Waals surface area (Å²) in [6, 6.07) is 12.4. The van der Waals surface area contributed by atoms with E-state index in [4.69, 9.17) is 41.7 Å². The molecule has 2 bridgehead atoms. The van der Waals surface area contributed by atoms with Crippen molar-refractivity contribution in [1.82, 2.24) is 10.2 Å². The number of carbonyl (C=O) groups excluding carboxylic acids is 5. The first kappa shape index (κ1) is 79.3. The number of phenolic OH excluding ortho intramolecular Hbond substituents is 1. The third-order valence-corrected chi connectivity index (χ3v) is 31.3. The molecule has 8 rings (SSSR count). The number of alkyl carbamates (subject to hydrolysis) is 1. The van der Waals surface area contributed by atoms with E-state index in [2.05, 4.69) is 79.1 Å². The van der Waals surface area contributed by atoms with Gasteiger partial charge in [-0.25, -0.2) is 14.4 Å². The molecule has 550 valence electrons. The number of benzene rings is 3. The number of aliphatic hydroxyl groups is 1. The molecule has 1 saturated carbocycles. The molecule has 3 fully saturated rings. The monoisotopic (exact) mass is 1420 g/mol. The molecule has 4 aliphatic heterocycles. The van der Waals surface area contributed by atoms with E-state index in [9.17, 15) is 39.3 Å². The fraction of sp³-hybridized carbons (Fsp3) is 0.623. The molecule has 100 heavy (non-hydrogen) atoms. The van der Waals surface area contributed by atoms with Crippen molar-refractivity contribution in [2.75, 3.05) is 34.5 Å². The second-order valence-corrected chi connectivity index (χ2v) is 41.2. The van der Waals surface area contributed by atoms with Crippen LogP contribution in [-0.2, 0) is 63.0 Å². The number of ketones is 2. The Morgan fingerprint density at radius 1 is 0.780 bits per heavy atom. The van der Waals surface area contributed by atoms with Gasteiger partial charge >= 0.3 is 18.0 Å². The van der Waals surface area contributed by atoms with E-state index in [-0.39, 0.29) is 119 Å². The van der Waals surface area contributed by atoms with Crippen molar-refractivity contribution in [2.45, 2.75) is 244 Å². The lowest BCUT2D eigenvalue weighted by Gasteiger charge is -2.47. The fourth-order valence-corrected chi connectivity index (χ4v) is 17.3. The second kappa shape index (κ2) is 32.5. The molecule has 21 nitrogen and oxygen atoms in total. The fourth-order valence-electron chi connectivity index (χ4n) is 14.5. The van der Waals surface area contributed by atoms with Gasteiger partial charge in [-0.15, -0.1) is 0 Å². The molecule has 4 heterocycles. The standard InChI is InChI=1S/C77H110N2O19Si2/c1-44-35-45(2)37-64(91-13)69-65(92-14)39-47(4)77(89,96-69)70(83)71(84)79-33-22-21-25-57(79)73(87)95-67(46(3)38-49-26-31-60(63(40-49)90-12)97-99(15,16)75(6,7)8)48(5)61(98-100(17,18)76(9,10)11)42-59(82)50(36-44)32-34-93-74(88)78-43-56-58(81)30-29-55-66(52-23-19-20-24-53(52)72(85)86)54-28-27-51(80)41-62(54)94-68(55)56/h19-20,23-24,27-30,36,38,41,45,47-50,57,60-61,63-65,67,69,81,89H,21-22,25-26,31-35,37,39-40,42-43H2,1-18H3,(H,78,88)(H,85,86)/b44-36+,46-38+/t45-,47+,48+,49?,50+,57-,60+,61-,63+,64-,65-,67?,69+,77+/m0/s1. The zero-order valence-corrected chi connectivity index (χ0v) is 64.1. The number of hydrogen-bond acceptors (Lipinski definition) is 18. The van der Waals surface area contributed by atoms with Crippen LogP contribution in [0.3, 0.4) is 0 Å². The van der Waals surface area contributed by atoms with Crippen molar-refractivity contribution < 1.29 is 85.8 Å². The van der Waals surface area contributed by atoms with Crippen molar-refractivity contribution in [3.8, 4) is 28.2 Å². The van der Waals surface area contributed by atoms with Gasteiger partial charge in [0.2, 0.25) is 5.79 Å². The van der Waals surface area contributed by atoms with E-state index in [0.29, 0.717) is 59.8 Å². The number of ether oxygens (including phenoxy) is 6. The summed E-state index contributed by atoms with van der Waals surface area (Å²) >= 11 is 0.